The molecule has 4 unspecified atom stereocenters. The number of carbonyl (C=O) groups is 1. The number of nitrogens with zero attached hydrogens (tertiary/aromatic N) is 3. The summed E-state index contributed by atoms with van der Waals surface area (Å²) >= 11 is 0. The molecule has 0 spiro atoms. The Morgan fingerprint density at radius 2 is 1.92 bits per heavy atom. The molecule has 140 valence electrons. The van der Waals surface area contributed by atoms with E-state index in [1.807, 2.05) is 30.3 Å². The van der Waals surface area contributed by atoms with Crippen LogP contribution < -0.4 is 0 Å². The Bertz CT molecular complexity index is 743. The average Bonchev–Trinajstić information content (AvgIpc) is 3.12. The minimum atomic E-state index is -1.16. The maximum atomic E-state index is 13.9. The third kappa shape index (κ3) is 4.02. The van der Waals surface area contributed by atoms with Gasteiger partial charge in [0.25, 0.3) is 0 Å². The van der Waals surface area contributed by atoms with Crippen molar-refractivity contribution in [2.24, 2.45) is 11.8 Å². The van der Waals surface area contributed by atoms with Gasteiger partial charge in [0.2, 0.25) is 5.82 Å². The predicted octanol–water partition coefficient (Wildman–Crippen LogP) is 5.32. The first kappa shape index (κ1) is 18.7. The second-order valence-corrected chi connectivity index (χ2v) is 7.38. The average molecular weight is 357 g/mol. The normalized spacial score (nSPS) is 26.0. The Morgan fingerprint density at radius 3 is 2.50 bits per heavy atom. The molecule has 1 fully saturated rings. The second-order valence-electron chi connectivity index (χ2n) is 7.38. The molecule has 1 saturated carbocycles. The summed E-state index contributed by atoms with van der Waals surface area (Å²) < 4.78 is 15.4. The van der Waals surface area contributed by atoms with Crippen molar-refractivity contribution >= 4 is 5.78 Å². The SMILES string of the molecule is CC(=O)c1nc2n(n1)C(c1ccccc1)CC2F.CCCC1CC1CC. The summed E-state index contributed by atoms with van der Waals surface area (Å²) in [4.78, 5) is 15.2. The molecule has 4 rings (SSSR count). The zero-order valence-corrected chi connectivity index (χ0v) is 15.9. The highest BCUT2D eigenvalue weighted by atomic mass is 19.1. The van der Waals surface area contributed by atoms with Crippen molar-refractivity contribution < 1.29 is 9.18 Å². The highest BCUT2D eigenvalue weighted by Crippen LogP contribution is 2.44. The lowest BCUT2D eigenvalue weighted by molar-refractivity contribution is 0.100. The Balaban J connectivity index is 0.000000206. The van der Waals surface area contributed by atoms with E-state index >= 15 is 0 Å². The van der Waals surface area contributed by atoms with Crippen molar-refractivity contribution in [3.05, 3.63) is 47.5 Å². The summed E-state index contributed by atoms with van der Waals surface area (Å²) in [6.45, 7) is 5.97. The molecule has 0 bridgehead atoms. The summed E-state index contributed by atoms with van der Waals surface area (Å²) in [7, 11) is 0. The van der Waals surface area contributed by atoms with Crippen LogP contribution in [-0.2, 0) is 0 Å². The summed E-state index contributed by atoms with van der Waals surface area (Å²) in [5.74, 6) is 2.36. The molecule has 2 aromatic rings. The number of ketones is 1. The quantitative estimate of drug-likeness (QED) is 0.681. The molecular weight excluding hydrogens is 329 g/mol. The van der Waals surface area contributed by atoms with E-state index < -0.39 is 6.17 Å². The Kier molecular flexibility index (Phi) is 5.84. The van der Waals surface area contributed by atoms with Crippen molar-refractivity contribution in [3.8, 4) is 0 Å². The fourth-order valence-electron chi connectivity index (χ4n) is 3.82. The number of fused-ring (bicyclic) bond motifs is 1. The molecule has 2 heterocycles. The topological polar surface area (TPSA) is 47.8 Å². The second kappa shape index (κ2) is 8.11. The maximum absolute atomic E-state index is 13.9. The van der Waals surface area contributed by atoms with E-state index in [0.29, 0.717) is 6.42 Å². The number of aromatic nitrogens is 3. The zero-order chi connectivity index (χ0) is 18.7. The first-order chi connectivity index (χ1) is 12.5. The van der Waals surface area contributed by atoms with E-state index in [9.17, 15) is 9.18 Å². The van der Waals surface area contributed by atoms with Crippen molar-refractivity contribution in [1.29, 1.82) is 0 Å². The first-order valence-corrected chi connectivity index (χ1v) is 9.71. The molecule has 5 heteroatoms. The van der Waals surface area contributed by atoms with Crippen molar-refractivity contribution in [1.82, 2.24) is 14.8 Å². The number of hydrogen-bond acceptors (Lipinski definition) is 3. The molecule has 1 aromatic heterocycles. The molecule has 4 atom stereocenters. The van der Waals surface area contributed by atoms with Gasteiger partial charge in [0.15, 0.2) is 17.8 Å². The van der Waals surface area contributed by atoms with Crippen LogP contribution in [0.25, 0.3) is 0 Å². The van der Waals surface area contributed by atoms with Gasteiger partial charge in [-0.2, -0.15) is 0 Å². The van der Waals surface area contributed by atoms with E-state index in [-0.39, 0.29) is 23.5 Å². The highest BCUT2D eigenvalue weighted by molar-refractivity contribution is 5.90. The van der Waals surface area contributed by atoms with Crippen LogP contribution >= 0.6 is 0 Å². The van der Waals surface area contributed by atoms with Gasteiger partial charge in [0.1, 0.15) is 0 Å². The third-order valence-electron chi connectivity index (χ3n) is 5.42. The lowest BCUT2D eigenvalue weighted by atomic mass is 10.0. The Labute approximate surface area is 154 Å². The number of halogens is 1. The van der Waals surface area contributed by atoms with Gasteiger partial charge in [0, 0.05) is 13.3 Å². The Morgan fingerprint density at radius 1 is 1.19 bits per heavy atom. The van der Waals surface area contributed by atoms with Gasteiger partial charge < -0.3 is 0 Å². The standard InChI is InChI=1S/C13H12FN3O.C8H16/c1-8(18)12-15-13-10(14)7-11(17(13)16-12)9-5-3-2-4-6-9;1-3-5-8-6-7(8)4-2/h2-6,10-11H,7H2,1H3;7-8H,3-6H2,1-2H3. The van der Waals surface area contributed by atoms with Crippen LogP contribution in [0, 0.1) is 11.8 Å². The summed E-state index contributed by atoms with van der Waals surface area (Å²) in [6, 6.07) is 9.42. The fourth-order valence-corrected chi connectivity index (χ4v) is 3.82. The lowest BCUT2D eigenvalue weighted by Gasteiger charge is -2.11. The molecular formula is C21H28FN3O. The number of hydrogen-bond donors (Lipinski definition) is 0. The van der Waals surface area contributed by atoms with Gasteiger partial charge in [-0.05, 0) is 23.8 Å². The van der Waals surface area contributed by atoms with Gasteiger partial charge in [-0.3, -0.25) is 4.79 Å². The van der Waals surface area contributed by atoms with E-state index in [1.165, 1.54) is 37.3 Å². The molecule has 4 nitrogen and oxygen atoms in total. The summed E-state index contributed by atoms with van der Waals surface area (Å²) in [5.41, 5.74) is 0.985. The van der Waals surface area contributed by atoms with Crippen molar-refractivity contribution in [2.45, 2.75) is 65.1 Å². The van der Waals surface area contributed by atoms with Gasteiger partial charge in [0.05, 0.1) is 6.04 Å². The molecule has 2 aliphatic rings. The van der Waals surface area contributed by atoms with Crippen LogP contribution in [0.4, 0.5) is 4.39 Å². The largest absolute Gasteiger partial charge is 0.291 e. The van der Waals surface area contributed by atoms with Crippen LogP contribution in [0.5, 0.6) is 0 Å². The van der Waals surface area contributed by atoms with Crippen molar-refractivity contribution in [3.63, 3.8) is 0 Å². The van der Waals surface area contributed by atoms with E-state index in [1.54, 1.807) is 0 Å². The van der Waals surface area contributed by atoms with Crippen LogP contribution in [-0.4, -0.2) is 20.5 Å². The van der Waals surface area contributed by atoms with Gasteiger partial charge in [-0.1, -0.05) is 63.4 Å². The van der Waals surface area contributed by atoms with Crippen LogP contribution in [0.3, 0.4) is 0 Å². The Hall–Kier alpha value is -2.04. The molecule has 1 aliphatic carbocycles. The first-order valence-electron chi connectivity index (χ1n) is 9.71. The number of alkyl halides is 1. The number of carbonyl (C=O) groups excluding carboxylic acids is 1. The lowest BCUT2D eigenvalue weighted by Crippen LogP contribution is -2.08. The molecule has 0 radical (unpaired) electrons. The van der Waals surface area contributed by atoms with Gasteiger partial charge in [-0.15, -0.1) is 5.10 Å². The maximum Gasteiger partial charge on any atom is 0.217 e. The molecule has 0 saturated heterocycles. The smallest absolute Gasteiger partial charge is 0.217 e. The molecule has 1 aliphatic heterocycles. The monoisotopic (exact) mass is 357 g/mol. The van der Waals surface area contributed by atoms with E-state index in [2.05, 4.69) is 23.9 Å². The summed E-state index contributed by atoms with van der Waals surface area (Å²) in [6.07, 6.45) is 5.00. The van der Waals surface area contributed by atoms with Gasteiger partial charge >= 0.3 is 0 Å². The van der Waals surface area contributed by atoms with Crippen molar-refractivity contribution in [2.75, 3.05) is 0 Å². The van der Waals surface area contributed by atoms with E-state index in [4.69, 9.17) is 0 Å². The zero-order valence-electron chi connectivity index (χ0n) is 15.9. The third-order valence-corrected chi connectivity index (χ3v) is 5.42. The number of benzene rings is 1. The fraction of sp³-hybridized carbons (Fsp3) is 0.571. The molecule has 1 aromatic carbocycles. The minimum Gasteiger partial charge on any atom is -0.291 e. The van der Waals surface area contributed by atoms with E-state index in [0.717, 1.165) is 17.4 Å². The molecule has 0 N–H and O–H groups in total. The van der Waals surface area contributed by atoms with Crippen LogP contribution in [0.15, 0.2) is 30.3 Å². The summed E-state index contributed by atoms with van der Waals surface area (Å²) in [5, 5.41) is 4.11. The number of Topliss-reactive ketones (excluding diaryl/α,β-unsaturated/α-hetero) is 1. The number of rotatable bonds is 5. The van der Waals surface area contributed by atoms with Crippen LogP contribution in [0.1, 0.15) is 87.1 Å². The van der Waals surface area contributed by atoms with Crippen LogP contribution in [0.2, 0.25) is 0 Å². The highest BCUT2D eigenvalue weighted by Gasteiger charge is 2.35. The predicted molar refractivity (Wildman–Crippen MR) is 99.9 cm³/mol. The van der Waals surface area contributed by atoms with Gasteiger partial charge in [-0.25, -0.2) is 14.1 Å². The molecule has 26 heavy (non-hydrogen) atoms. The minimum absolute atomic E-state index is 0.0910. The molecule has 0 amide bonds.